The van der Waals surface area contributed by atoms with Crippen LogP contribution in [0.1, 0.15) is 41.9 Å². The fraction of sp³-hybridized carbons (Fsp3) is 0.385. The minimum atomic E-state index is -0.632. The molecule has 212 valence electrons. The zero-order valence-corrected chi connectivity index (χ0v) is 22.4. The molecule has 2 aromatic heterocycles. The van der Waals surface area contributed by atoms with Gasteiger partial charge in [-0.2, -0.15) is 5.10 Å². The van der Waals surface area contributed by atoms with Crippen molar-refractivity contribution in [2.45, 2.75) is 33.4 Å². The maximum Gasteiger partial charge on any atom is 0.409 e. The first-order valence-corrected chi connectivity index (χ1v) is 12.7. The Hall–Kier alpha value is -4.88. The number of carbonyl (C=O) groups excluding carboxylic acids is 3. The Balaban J connectivity index is 1.33. The molecule has 40 heavy (non-hydrogen) atoms. The van der Waals surface area contributed by atoms with Crippen LogP contribution in [0.3, 0.4) is 0 Å². The van der Waals surface area contributed by atoms with E-state index in [0.29, 0.717) is 49.9 Å². The number of ether oxygens (including phenoxy) is 2. The van der Waals surface area contributed by atoms with Gasteiger partial charge in [-0.25, -0.2) is 4.79 Å². The number of nitro groups is 1. The third-order valence-electron chi connectivity index (χ3n) is 6.35. The quantitative estimate of drug-likeness (QED) is 0.309. The van der Waals surface area contributed by atoms with Crippen molar-refractivity contribution in [3.8, 4) is 5.75 Å². The summed E-state index contributed by atoms with van der Waals surface area (Å²) >= 11 is 0. The Morgan fingerprint density at radius 2 is 1.82 bits per heavy atom. The monoisotopic (exact) mass is 554 g/mol. The number of benzene rings is 1. The maximum atomic E-state index is 13.1. The highest BCUT2D eigenvalue weighted by molar-refractivity contribution is 6.02. The summed E-state index contributed by atoms with van der Waals surface area (Å²) in [7, 11) is 0. The summed E-state index contributed by atoms with van der Waals surface area (Å²) in [6, 6.07) is 8.34. The third kappa shape index (κ3) is 6.39. The van der Waals surface area contributed by atoms with Crippen LogP contribution in [-0.4, -0.2) is 75.2 Å². The number of aryl methyl sites for hydroxylation is 1. The number of nitrogens with one attached hydrogen (secondary N) is 1. The molecule has 0 aliphatic carbocycles. The summed E-state index contributed by atoms with van der Waals surface area (Å²) in [6.07, 6.45) is 1.19. The minimum absolute atomic E-state index is 0.0110. The van der Waals surface area contributed by atoms with Crippen LogP contribution in [0, 0.1) is 17.0 Å². The molecule has 1 aromatic carbocycles. The molecular weight excluding hydrogens is 524 g/mol. The molecule has 1 aliphatic rings. The predicted molar refractivity (Wildman–Crippen MR) is 141 cm³/mol. The molecule has 3 aromatic rings. The van der Waals surface area contributed by atoms with Gasteiger partial charge in [0.05, 0.1) is 22.9 Å². The first-order valence-electron chi connectivity index (χ1n) is 12.7. The van der Waals surface area contributed by atoms with Crippen molar-refractivity contribution in [2.75, 3.05) is 38.1 Å². The molecular formula is C26H30N6O8. The van der Waals surface area contributed by atoms with Crippen LogP contribution in [-0.2, 0) is 16.1 Å². The van der Waals surface area contributed by atoms with Crippen molar-refractivity contribution in [1.29, 1.82) is 0 Å². The smallest absolute Gasteiger partial charge is 0.409 e. The number of amides is 3. The normalized spacial score (nSPS) is 14.0. The van der Waals surface area contributed by atoms with E-state index in [4.69, 9.17) is 13.9 Å². The van der Waals surface area contributed by atoms with Crippen LogP contribution < -0.4 is 10.1 Å². The molecule has 0 spiro atoms. The van der Waals surface area contributed by atoms with Gasteiger partial charge in [0.15, 0.2) is 11.5 Å². The average molecular weight is 555 g/mol. The first-order chi connectivity index (χ1) is 19.2. The molecule has 1 aliphatic heterocycles. The topological polar surface area (TPSA) is 162 Å². The number of rotatable bonds is 9. The highest BCUT2D eigenvalue weighted by Gasteiger charge is 2.29. The second kappa shape index (κ2) is 12.3. The number of furan rings is 1. The van der Waals surface area contributed by atoms with Gasteiger partial charge in [-0.3, -0.25) is 24.4 Å². The van der Waals surface area contributed by atoms with E-state index in [0.717, 1.165) is 0 Å². The third-order valence-corrected chi connectivity index (χ3v) is 6.35. The van der Waals surface area contributed by atoms with Crippen LogP contribution in [0.5, 0.6) is 5.75 Å². The van der Waals surface area contributed by atoms with Crippen molar-refractivity contribution in [3.63, 3.8) is 0 Å². The number of piperazine rings is 1. The van der Waals surface area contributed by atoms with Crippen LogP contribution in [0.4, 0.5) is 16.2 Å². The van der Waals surface area contributed by atoms with E-state index in [1.807, 2.05) is 0 Å². The number of carbonyl (C=O) groups is 3. The van der Waals surface area contributed by atoms with Gasteiger partial charge < -0.3 is 29.0 Å². The number of aromatic nitrogens is 2. The Morgan fingerprint density at radius 1 is 1.12 bits per heavy atom. The summed E-state index contributed by atoms with van der Waals surface area (Å²) in [4.78, 5) is 51.6. The first kappa shape index (κ1) is 28.1. The summed E-state index contributed by atoms with van der Waals surface area (Å²) in [6.45, 7) is 6.88. The highest BCUT2D eigenvalue weighted by atomic mass is 16.6. The van der Waals surface area contributed by atoms with E-state index >= 15 is 0 Å². The number of nitrogens with zero attached hydrogens (tertiary/aromatic N) is 5. The van der Waals surface area contributed by atoms with E-state index in [1.54, 1.807) is 48.9 Å². The van der Waals surface area contributed by atoms with Crippen LogP contribution in [0.25, 0.3) is 0 Å². The van der Waals surface area contributed by atoms with E-state index < -0.39 is 16.9 Å². The Kier molecular flexibility index (Phi) is 8.67. The lowest BCUT2D eigenvalue weighted by Crippen LogP contribution is -2.52. The lowest BCUT2D eigenvalue weighted by molar-refractivity contribution is -0.386. The summed E-state index contributed by atoms with van der Waals surface area (Å²) < 4.78 is 17.6. The molecule has 0 saturated carbocycles. The molecule has 4 rings (SSSR count). The van der Waals surface area contributed by atoms with Crippen LogP contribution in [0.15, 0.2) is 47.0 Å². The Bertz CT molecular complexity index is 1390. The zero-order valence-electron chi connectivity index (χ0n) is 22.4. The average Bonchev–Trinajstić information content (AvgIpc) is 3.58. The molecule has 0 radical (unpaired) electrons. The Morgan fingerprint density at radius 3 is 2.52 bits per heavy atom. The fourth-order valence-corrected chi connectivity index (χ4v) is 4.14. The predicted octanol–water partition coefficient (Wildman–Crippen LogP) is 3.39. The van der Waals surface area contributed by atoms with Crippen molar-refractivity contribution in [2.24, 2.45) is 0 Å². The molecule has 1 saturated heterocycles. The summed E-state index contributed by atoms with van der Waals surface area (Å²) in [5.74, 6) is -0.288. The second-order valence-corrected chi connectivity index (χ2v) is 9.03. The van der Waals surface area contributed by atoms with Crippen LogP contribution >= 0.6 is 0 Å². The van der Waals surface area contributed by atoms with Gasteiger partial charge in [-0.15, -0.1) is 0 Å². The fourth-order valence-electron chi connectivity index (χ4n) is 4.14. The van der Waals surface area contributed by atoms with Crippen LogP contribution in [0.2, 0.25) is 0 Å². The van der Waals surface area contributed by atoms with Gasteiger partial charge in [0.25, 0.3) is 5.91 Å². The SMILES string of the molecule is CCOC(=O)N1CCN(C(=O)C(C)n2cc(NC(=O)c3ccc(COc4ccccc4[N+](=O)[O-])o3)c(C)n2)CC1. The molecule has 3 heterocycles. The van der Waals surface area contributed by atoms with Gasteiger partial charge in [-0.1, -0.05) is 12.1 Å². The zero-order chi connectivity index (χ0) is 28.8. The van der Waals surface area contributed by atoms with Gasteiger partial charge in [0.1, 0.15) is 18.4 Å². The van der Waals surface area contributed by atoms with Gasteiger partial charge >= 0.3 is 11.8 Å². The largest absolute Gasteiger partial charge is 0.479 e. The van der Waals surface area contributed by atoms with Gasteiger partial charge in [0, 0.05) is 38.4 Å². The number of hydrogen-bond acceptors (Lipinski definition) is 9. The molecule has 1 atom stereocenters. The molecule has 14 nitrogen and oxygen atoms in total. The standard InChI is InChI=1S/C26H30N6O8/c1-4-38-26(35)30-13-11-29(12-14-30)25(34)18(3)31-15-20(17(2)28-31)27-24(33)23-10-9-19(40-23)16-39-22-8-6-5-7-21(22)32(36)37/h5-10,15,18H,4,11-14,16H2,1-3H3,(H,27,33). The summed E-state index contributed by atoms with van der Waals surface area (Å²) in [5.41, 5.74) is 0.740. The Labute approximate surface area is 229 Å². The van der Waals surface area contributed by atoms with Crippen molar-refractivity contribution < 1.29 is 33.2 Å². The molecule has 14 heteroatoms. The molecule has 3 amide bonds. The number of nitro benzene ring substituents is 1. The molecule has 1 unspecified atom stereocenters. The summed E-state index contributed by atoms with van der Waals surface area (Å²) in [5, 5.41) is 18.3. The lowest BCUT2D eigenvalue weighted by Gasteiger charge is -2.35. The van der Waals surface area contributed by atoms with E-state index in [9.17, 15) is 24.5 Å². The maximum absolute atomic E-state index is 13.1. The van der Waals surface area contributed by atoms with Crippen molar-refractivity contribution >= 4 is 29.3 Å². The van der Waals surface area contributed by atoms with Crippen molar-refractivity contribution in [3.05, 3.63) is 69.9 Å². The number of anilines is 1. The number of para-hydroxylation sites is 2. The van der Waals surface area contributed by atoms with Gasteiger partial charge in [0.2, 0.25) is 5.91 Å². The number of hydrogen-bond donors (Lipinski definition) is 1. The highest BCUT2D eigenvalue weighted by Crippen LogP contribution is 2.27. The second-order valence-electron chi connectivity index (χ2n) is 9.03. The molecule has 0 bridgehead atoms. The molecule has 1 fully saturated rings. The minimum Gasteiger partial charge on any atom is -0.479 e. The van der Waals surface area contributed by atoms with E-state index in [2.05, 4.69) is 10.4 Å². The van der Waals surface area contributed by atoms with Gasteiger partial charge in [-0.05, 0) is 39.0 Å². The molecule has 1 N–H and O–H groups in total. The van der Waals surface area contributed by atoms with Crippen molar-refractivity contribution in [1.82, 2.24) is 19.6 Å². The lowest BCUT2D eigenvalue weighted by atomic mass is 10.2. The van der Waals surface area contributed by atoms with E-state index in [1.165, 1.54) is 28.9 Å². The van der Waals surface area contributed by atoms with E-state index in [-0.39, 0.29) is 35.8 Å².